The summed E-state index contributed by atoms with van der Waals surface area (Å²) in [6.45, 7) is 0. The Hall–Kier alpha value is -1.68. The molecule has 0 radical (unpaired) electrons. The molecular formula is C10H7ClFN3. The van der Waals surface area contributed by atoms with Crippen LogP contribution < -0.4 is 5.73 Å². The maximum Gasteiger partial charge on any atom is 0.191 e. The van der Waals surface area contributed by atoms with Crippen LogP contribution in [0.5, 0.6) is 0 Å². The van der Waals surface area contributed by atoms with E-state index >= 15 is 0 Å². The van der Waals surface area contributed by atoms with E-state index in [0.717, 1.165) is 0 Å². The predicted octanol–water partition coefficient (Wildman–Crippen LogP) is 2.52. The lowest BCUT2D eigenvalue weighted by Crippen LogP contribution is -1.99. The van der Waals surface area contributed by atoms with Gasteiger partial charge >= 0.3 is 0 Å². The Bertz CT molecular complexity index is 502. The van der Waals surface area contributed by atoms with Crippen molar-refractivity contribution in [1.29, 1.82) is 0 Å². The molecule has 0 atom stereocenters. The highest BCUT2D eigenvalue weighted by Gasteiger charge is 2.12. The second kappa shape index (κ2) is 3.82. The van der Waals surface area contributed by atoms with Crippen molar-refractivity contribution in [2.75, 3.05) is 5.73 Å². The average molecular weight is 224 g/mol. The summed E-state index contributed by atoms with van der Waals surface area (Å²) in [5.74, 6) is -0.828. The van der Waals surface area contributed by atoms with Crippen molar-refractivity contribution in [3.8, 4) is 11.3 Å². The summed E-state index contributed by atoms with van der Waals surface area (Å²) in [6, 6.07) is 6.84. The van der Waals surface area contributed by atoms with Crippen molar-refractivity contribution in [2.24, 2.45) is 0 Å². The van der Waals surface area contributed by atoms with Crippen LogP contribution >= 0.6 is 11.6 Å². The third kappa shape index (κ3) is 1.76. The number of nitrogens with zero attached hydrogens (tertiary/aromatic N) is 2. The van der Waals surface area contributed by atoms with E-state index in [9.17, 15) is 4.39 Å². The second-order valence-corrected chi connectivity index (χ2v) is 3.31. The Balaban J connectivity index is 2.65. The largest absolute Gasteiger partial charge is 0.381 e. The molecule has 76 valence electrons. The first kappa shape index (κ1) is 9.86. The molecule has 0 aliphatic carbocycles. The van der Waals surface area contributed by atoms with Crippen molar-refractivity contribution in [2.45, 2.75) is 0 Å². The van der Waals surface area contributed by atoms with Gasteiger partial charge in [-0.1, -0.05) is 29.8 Å². The molecule has 2 aromatic rings. The third-order valence-electron chi connectivity index (χ3n) is 1.95. The minimum Gasteiger partial charge on any atom is -0.381 e. The van der Waals surface area contributed by atoms with E-state index in [-0.39, 0.29) is 11.5 Å². The Morgan fingerprint density at radius 3 is 2.67 bits per heavy atom. The van der Waals surface area contributed by atoms with Gasteiger partial charge in [0.05, 0.1) is 5.02 Å². The van der Waals surface area contributed by atoms with Crippen LogP contribution in [0, 0.1) is 5.82 Å². The van der Waals surface area contributed by atoms with E-state index in [2.05, 4.69) is 9.97 Å². The van der Waals surface area contributed by atoms with Crippen LogP contribution in [-0.2, 0) is 0 Å². The lowest BCUT2D eigenvalue weighted by atomic mass is 10.1. The summed E-state index contributed by atoms with van der Waals surface area (Å²) in [6.07, 6.45) is 1.21. The third-order valence-corrected chi connectivity index (χ3v) is 2.28. The number of halogens is 2. The van der Waals surface area contributed by atoms with Crippen LogP contribution in [0.15, 0.2) is 30.6 Å². The number of nitrogen functional groups attached to an aromatic ring is 1. The minimum atomic E-state index is -0.648. The highest BCUT2D eigenvalue weighted by Crippen LogP contribution is 2.28. The fourth-order valence-electron chi connectivity index (χ4n) is 1.22. The molecule has 15 heavy (non-hydrogen) atoms. The Morgan fingerprint density at radius 2 is 1.93 bits per heavy atom. The molecule has 1 heterocycles. The van der Waals surface area contributed by atoms with E-state index < -0.39 is 5.82 Å². The maximum atomic E-state index is 13.6. The molecule has 0 aliphatic rings. The van der Waals surface area contributed by atoms with Gasteiger partial charge in [-0.05, 0) is 6.07 Å². The molecule has 5 heteroatoms. The smallest absolute Gasteiger partial charge is 0.191 e. The normalized spacial score (nSPS) is 10.3. The fourth-order valence-corrected chi connectivity index (χ4v) is 1.45. The SMILES string of the molecule is Nc1ncnc(-c2ccccc2Cl)c1F. The van der Waals surface area contributed by atoms with Gasteiger partial charge in [0.1, 0.15) is 12.0 Å². The van der Waals surface area contributed by atoms with E-state index in [1.54, 1.807) is 24.3 Å². The standard InChI is InChI=1S/C10H7ClFN3/c11-7-4-2-1-3-6(7)9-8(12)10(13)15-5-14-9/h1-5H,(H2,13,14,15). The van der Waals surface area contributed by atoms with Crippen molar-refractivity contribution in [3.05, 3.63) is 41.4 Å². The van der Waals surface area contributed by atoms with Crippen molar-refractivity contribution >= 4 is 17.4 Å². The van der Waals surface area contributed by atoms with Gasteiger partial charge in [0.25, 0.3) is 0 Å². The number of rotatable bonds is 1. The Labute approximate surface area is 90.7 Å². The summed E-state index contributed by atoms with van der Waals surface area (Å²) in [5, 5.41) is 0.425. The number of aromatic nitrogens is 2. The monoisotopic (exact) mass is 223 g/mol. The summed E-state index contributed by atoms with van der Waals surface area (Å²) in [4.78, 5) is 7.36. The number of nitrogens with two attached hydrogens (primary N) is 1. The number of hydrogen-bond acceptors (Lipinski definition) is 3. The van der Waals surface area contributed by atoms with Gasteiger partial charge in [-0.3, -0.25) is 0 Å². The average Bonchev–Trinajstić information content (AvgIpc) is 2.23. The molecule has 0 spiro atoms. The van der Waals surface area contributed by atoms with E-state index in [1.165, 1.54) is 6.33 Å². The van der Waals surface area contributed by atoms with Crippen LogP contribution in [0.4, 0.5) is 10.2 Å². The molecule has 0 bridgehead atoms. The van der Waals surface area contributed by atoms with Gasteiger partial charge in [-0.2, -0.15) is 0 Å². The van der Waals surface area contributed by atoms with Crippen LogP contribution in [-0.4, -0.2) is 9.97 Å². The quantitative estimate of drug-likeness (QED) is 0.808. The molecule has 0 amide bonds. The number of anilines is 1. The first-order valence-electron chi connectivity index (χ1n) is 4.21. The van der Waals surface area contributed by atoms with Crippen LogP contribution in [0.1, 0.15) is 0 Å². The van der Waals surface area contributed by atoms with Crippen LogP contribution in [0.3, 0.4) is 0 Å². The molecule has 1 aromatic heterocycles. The zero-order chi connectivity index (χ0) is 10.8. The van der Waals surface area contributed by atoms with Gasteiger partial charge in [-0.25, -0.2) is 14.4 Å². The van der Waals surface area contributed by atoms with Crippen molar-refractivity contribution in [3.63, 3.8) is 0 Å². The summed E-state index contributed by atoms with van der Waals surface area (Å²) < 4.78 is 13.6. The lowest BCUT2D eigenvalue weighted by molar-refractivity contribution is 0.624. The highest BCUT2D eigenvalue weighted by molar-refractivity contribution is 6.33. The van der Waals surface area contributed by atoms with Crippen LogP contribution in [0.25, 0.3) is 11.3 Å². The maximum absolute atomic E-state index is 13.6. The number of hydrogen-bond donors (Lipinski definition) is 1. The number of benzene rings is 1. The molecule has 1 aromatic carbocycles. The molecule has 3 nitrogen and oxygen atoms in total. The van der Waals surface area contributed by atoms with Crippen LogP contribution in [0.2, 0.25) is 5.02 Å². The lowest BCUT2D eigenvalue weighted by Gasteiger charge is -2.04. The van der Waals surface area contributed by atoms with Gasteiger partial charge in [0, 0.05) is 5.56 Å². The molecule has 2 N–H and O–H groups in total. The van der Waals surface area contributed by atoms with E-state index in [4.69, 9.17) is 17.3 Å². The molecule has 0 fully saturated rings. The zero-order valence-corrected chi connectivity index (χ0v) is 8.37. The second-order valence-electron chi connectivity index (χ2n) is 2.90. The van der Waals surface area contributed by atoms with E-state index in [1.807, 2.05) is 0 Å². The fraction of sp³-hybridized carbons (Fsp3) is 0. The molecule has 0 unspecified atom stereocenters. The van der Waals surface area contributed by atoms with E-state index in [0.29, 0.717) is 10.6 Å². The van der Waals surface area contributed by atoms with Crippen molar-refractivity contribution in [1.82, 2.24) is 9.97 Å². The zero-order valence-electron chi connectivity index (χ0n) is 7.61. The van der Waals surface area contributed by atoms with Gasteiger partial charge < -0.3 is 5.73 Å². The predicted molar refractivity (Wildman–Crippen MR) is 56.8 cm³/mol. The first-order valence-corrected chi connectivity index (χ1v) is 4.59. The van der Waals surface area contributed by atoms with Gasteiger partial charge in [-0.15, -0.1) is 0 Å². The summed E-state index contributed by atoms with van der Waals surface area (Å²) in [5.41, 5.74) is 5.96. The summed E-state index contributed by atoms with van der Waals surface area (Å²) in [7, 11) is 0. The van der Waals surface area contributed by atoms with Gasteiger partial charge in [0.2, 0.25) is 0 Å². The molecule has 0 saturated heterocycles. The molecule has 2 rings (SSSR count). The Morgan fingerprint density at radius 1 is 1.20 bits per heavy atom. The molecule has 0 saturated carbocycles. The molecular weight excluding hydrogens is 217 g/mol. The topological polar surface area (TPSA) is 51.8 Å². The Kier molecular flexibility index (Phi) is 2.51. The van der Waals surface area contributed by atoms with Gasteiger partial charge in [0.15, 0.2) is 11.6 Å². The minimum absolute atomic E-state index is 0.119. The molecule has 0 aliphatic heterocycles. The summed E-state index contributed by atoms with van der Waals surface area (Å²) >= 11 is 5.92. The highest BCUT2D eigenvalue weighted by atomic mass is 35.5. The first-order chi connectivity index (χ1) is 7.20. The van der Waals surface area contributed by atoms with Crippen molar-refractivity contribution < 1.29 is 4.39 Å².